The first-order valence-electron chi connectivity index (χ1n) is 9.53. The smallest absolute Gasteiger partial charge is 0.264 e. The Hall–Kier alpha value is -2.54. The number of nitrogens with zero attached hydrogens (tertiary/aromatic N) is 1. The normalized spacial score (nSPS) is 11.2. The summed E-state index contributed by atoms with van der Waals surface area (Å²) in [6.45, 7) is 3.52. The first kappa shape index (κ1) is 23.1. The van der Waals surface area contributed by atoms with Gasteiger partial charge in [0.2, 0.25) is 5.91 Å². The van der Waals surface area contributed by atoms with Gasteiger partial charge in [0.15, 0.2) is 0 Å². The fourth-order valence-electron chi connectivity index (χ4n) is 2.98. The number of hydrogen-bond acceptors (Lipinski definition) is 3. The maximum absolute atomic E-state index is 13.4. The standard InChI is InChI=1S/C23H22Cl2N2O3S/c1-16-3-11-21(12-4-16)31(29,30)27(22-13-20(25)8-5-17(22)2)15-23(28)26-14-18-6-9-19(24)10-7-18/h3-13H,14-15H2,1-2H3,(H,26,28). The first-order valence-corrected chi connectivity index (χ1v) is 11.7. The van der Waals surface area contributed by atoms with Crippen LogP contribution in [0, 0.1) is 13.8 Å². The van der Waals surface area contributed by atoms with E-state index in [0.29, 0.717) is 21.3 Å². The second-order valence-corrected chi connectivity index (χ2v) is 9.89. The second-order valence-electron chi connectivity index (χ2n) is 7.16. The summed E-state index contributed by atoms with van der Waals surface area (Å²) in [5.41, 5.74) is 2.83. The van der Waals surface area contributed by atoms with Crippen molar-refractivity contribution < 1.29 is 13.2 Å². The van der Waals surface area contributed by atoms with Crippen LogP contribution in [-0.2, 0) is 21.4 Å². The minimum atomic E-state index is -4.00. The van der Waals surface area contributed by atoms with Gasteiger partial charge in [-0.3, -0.25) is 9.10 Å². The molecule has 0 aliphatic rings. The highest BCUT2D eigenvalue weighted by Gasteiger charge is 2.28. The van der Waals surface area contributed by atoms with Gasteiger partial charge in [0.05, 0.1) is 10.6 Å². The molecule has 3 aromatic carbocycles. The fraction of sp³-hybridized carbons (Fsp3) is 0.174. The minimum absolute atomic E-state index is 0.1000. The predicted molar refractivity (Wildman–Crippen MR) is 125 cm³/mol. The average Bonchev–Trinajstić information content (AvgIpc) is 2.74. The lowest BCUT2D eigenvalue weighted by Crippen LogP contribution is -2.41. The number of sulfonamides is 1. The molecule has 5 nitrogen and oxygen atoms in total. The van der Waals surface area contributed by atoms with E-state index in [9.17, 15) is 13.2 Å². The maximum Gasteiger partial charge on any atom is 0.264 e. The molecule has 31 heavy (non-hydrogen) atoms. The van der Waals surface area contributed by atoms with E-state index in [-0.39, 0.29) is 18.0 Å². The van der Waals surface area contributed by atoms with Crippen molar-refractivity contribution in [1.29, 1.82) is 0 Å². The number of anilines is 1. The van der Waals surface area contributed by atoms with Crippen molar-refractivity contribution in [2.24, 2.45) is 0 Å². The number of hydrogen-bond donors (Lipinski definition) is 1. The van der Waals surface area contributed by atoms with Gasteiger partial charge in [-0.1, -0.05) is 59.1 Å². The molecule has 0 heterocycles. The van der Waals surface area contributed by atoms with Crippen molar-refractivity contribution in [3.05, 3.63) is 93.5 Å². The van der Waals surface area contributed by atoms with Crippen LogP contribution in [0.15, 0.2) is 71.6 Å². The molecule has 8 heteroatoms. The van der Waals surface area contributed by atoms with Crippen LogP contribution in [0.25, 0.3) is 0 Å². The lowest BCUT2D eigenvalue weighted by Gasteiger charge is -2.26. The Morgan fingerprint density at radius 2 is 1.52 bits per heavy atom. The summed E-state index contributed by atoms with van der Waals surface area (Å²) in [5, 5.41) is 3.74. The van der Waals surface area contributed by atoms with Crippen molar-refractivity contribution in [3.8, 4) is 0 Å². The van der Waals surface area contributed by atoms with E-state index < -0.39 is 15.9 Å². The van der Waals surface area contributed by atoms with E-state index in [2.05, 4.69) is 5.32 Å². The van der Waals surface area contributed by atoms with Gasteiger partial charge in [-0.15, -0.1) is 0 Å². The number of carbonyl (C=O) groups excluding carboxylic acids is 1. The predicted octanol–water partition coefficient (Wildman–Crippen LogP) is 5.12. The van der Waals surface area contributed by atoms with Gasteiger partial charge in [-0.05, 0) is 61.4 Å². The van der Waals surface area contributed by atoms with Gasteiger partial charge in [0.1, 0.15) is 6.54 Å². The lowest BCUT2D eigenvalue weighted by atomic mass is 10.2. The lowest BCUT2D eigenvalue weighted by molar-refractivity contribution is -0.119. The maximum atomic E-state index is 13.4. The molecule has 0 saturated heterocycles. The van der Waals surface area contributed by atoms with Crippen LogP contribution >= 0.6 is 23.2 Å². The quantitative estimate of drug-likeness (QED) is 0.514. The summed E-state index contributed by atoms with van der Waals surface area (Å²) in [5.74, 6) is -0.440. The summed E-state index contributed by atoms with van der Waals surface area (Å²) in [6.07, 6.45) is 0. The summed E-state index contributed by atoms with van der Waals surface area (Å²) in [4.78, 5) is 12.8. The Kier molecular flexibility index (Phi) is 7.26. The van der Waals surface area contributed by atoms with E-state index in [0.717, 1.165) is 15.4 Å². The molecular weight excluding hydrogens is 455 g/mol. The number of rotatable bonds is 7. The van der Waals surface area contributed by atoms with Crippen molar-refractivity contribution in [1.82, 2.24) is 5.32 Å². The van der Waals surface area contributed by atoms with Crippen LogP contribution in [0.1, 0.15) is 16.7 Å². The van der Waals surface area contributed by atoms with Gasteiger partial charge in [0, 0.05) is 16.6 Å². The number of halogens is 2. The number of aryl methyl sites for hydroxylation is 2. The molecule has 0 aromatic heterocycles. The highest BCUT2D eigenvalue weighted by atomic mass is 35.5. The topological polar surface area (TPSA) is 66.5 Å². The van der Waals surface area contributed by atoms with Crippen LogP contribution in [0.5, 0.6) is 0 Å². The van der Waals surface area contributed by atoms with Crippen molar-refractivity contribution >= 4 is 44.8 Å². The summed E-state index contributed by atoms with van der Waals surface area (Å²) >= 11 is 12.0. The van der Waals surface area contributed by atoms with Gasteiger partial charge in [0.25, 0.3) is 10.0 Å². The molecule has 3 aromatic rings. The molecule has 0 radical (unpaired) electrons. The van der Waals surface area contributed by atoms with Gasteiger partial charge in [-0.25, -0.2) is 8.42 Å². The highest BCUT2D eigenvalue weighted by Crippen LogP contribution is 2.29. The van der Waals surface area contributed by atoms with Crippen molar-refractivity contribution in [3.63, 3.8) is 0 Å². The van der Waals surface area contributed by atoms with Crippen LogP contribution < -0.4 is 9.62 Å². The monoisotopic (exact) mass is 476 g/mol. The molecular formula is C23H22Cl2N2O3S. The minimum Gasteiger partial charge on any atom is -0.350 e. The molecule has 0 spiro atoms. The number of nitrogens with one attached hydrogen (secondary N) is 1. The third-order valence-corrected chi connectivity index (χ3v) is 7.00. The molecule has 0 bridgehead atoms. The van der Waals surface area contributed by atoms with Crippen LogP contribution in [0.3, 0.4) is 0 Å². The number of carbonyl (C=O) groups is 1. The average molecular weight is 477 g/mol. The Morgan fingerprint density at radius 1 is 0.903 bits per heavy atom. The van der Waals surface area contributed by atoms with E-state index >= 15 is 0 Å². The largest absolute Gasteiger partial charge is 0.350 e. The molecule has 0 saturated carbocycles. The summed E-state index contributed by atoms with van der Waals surface area (Å²) in [6, 6.07) is 18.5. The van der Waals surface area contributed by atoms with Gasteiger partial charge >= 0.3 is 0 Å². The van der Waals surface area contributed by atoms with Crippen molar-refractivity contribution in [2.75, 3.05) is 10.8 Å². The van der Waals surface area contributed by atoms with Crippen LogP contribution in [0.2, 0.25) is 10.0 Å². The zero-order valence-electron chi connectivity index (χ0n) is 17.1. The summed E-state index contributed by atoms with van der Waals surface area (Å²) < 4.78 is 28.0. The van der Waals surface area contributed by atoms with E-state index in [4.69, 9.17) is 23.2 Å². The van der Waals surface area contributed by atoms with Gasteiger partial charge in [-0.2, -0.15) is 0 Å². The Morgan fingerprint density at radius 3 is 2.16 bits per heavy atom. The molecule has 0 aliphatic heterocycles. The Bertz CT molecular complexity index is 1180. The molecule has 0 atom stereocenters. The Labute approximate surface area is 192 Å². The fourth-order valence-corrected chi connectivity index (χ4v) is 4.75. The zero-order chi connectivity index (χ0) is 22.6. The molecule has 0 fully saturated rings. The summed E-state index contributed by atoms with van der Waals surface area (Å²) in [7, 11) is -4.00. The third kappa shape index (κ3) is 5.79. The Balaban J connectivity index is 1.90. The van der Waals surface area contributed by atoms with E-state index in [1.54, 1.807) is 61.5 Å². The second kappa shape index (κ2) is 9.73. The molecule has 3 rings (SSSR count). The number of benzene rings is 3. The van der Waals surface area contributed by atoms with Crippen molar-refractivity contribution in [2.45, 2.75) is 25.3 Å². The molecule has 1 N–H and O–H groups in total. The van der Waals surface area contributed by atoms with Crippen LogP contribution in [-0.4, -0.2) is 20.9 Å². The SMILES string of the molecule is Cc1ccc(S(=O)(=O)N(CC(=O)NCc2ccc(Cl)cc2)c2cc(Cl)ccc2C)cc1. The highest BCUT2D eigenvalue weighted by molar-refractivity contribution is 7.92. The molecule has 0 aliphatic carbocycles. The van der Waals surface area contributed by atoms with E-state index in [1.165, 1.54) is 12.1 Å². The van der Waals surface area contributed by atoms with Crippen LogP contribution in [0.4, 0.5) is 5.69 Å². The first-order chi connectivity index (χ1) is 14.7. The van der Waals surface area contributed by atoms with E-state index in [1.807, 2.05) is 6.92 Å². The number of amides is 1. The molecule has 1 amide bonds. The molecule has 0 unspecified atom stereocenters. The van der Waals surface area contributed by atoms with Gasteiger partial charge < -0.3 is 5.32 Å². The molecule has 162 valence electrons. The third-order valence-electron chi connectivity index (χ3n) is 4.74. The zero-order valence-corrected chi connectivity index (χ0v) is 19.4.